The Balaban J connectivity index is 4.37. The molecule has 24 heavy (non-hydrogen) atoms. The van der Waals surface area contributed by atoms with Crippen molar-refractivity contribution in [2.24, 2.45) is 0 Å². The number of carbonyl (C=O) groups is 4. The van der Waals surface area contributed by atoms with Gasteiger partial charge in [-0.3, -0.25) is 9.59 Å². The van der Waals surface area contributed by atoms with Crippen LogP contribution in [0.15, 0.2) is 0 Å². The summed E-state index contributed by atoms with van der Waals surface area (Å²) >= 11 is 0. The van der Waals surface area contributed by atoms with Gasteiger partial charge in [0.1, 0.15) is 0 Å². The summed E-state index contributed by atoms with van der Waals surface area (Å²) in [7, 11) is 0. The van der Waals surface area contributed by atoms with E-state index in [1.54, 1.807) is 0 Å². The molecular formula is C16H25O8-. The maximum Gasteiger partial charge on any atom is 0.346 e. The van der Waals surface area contributed by atoms with Gasteiger partial charge in [0.2, 0.25) is 0 Å². The molecule has 0 aliphatic heterocycles. The fourth-order valence-corrected chi connectivity index (χ4v) is 2.03. The molecule has 0 aromatic carbocycles. The van der Waals surface area contributed by atoms with Crippen LogP contribution in [0.3, 0.4) is 0 Å². The Kier molecular flexibility index (Phi) is 10.6. The summed E-state index contributed by atoms with van der Waals surface area (Å²) in [6, 6.07) is 0. The quantitative estimate of drug-likeness (QED) is 0.302. The van der Waals surface area contributed by atoms with Crippen LogP contribution < -0.4 is 5.11 Å². The Morgan fingerprint density at radius 2 is 1.58 bits per heavy atom. The van der Waals surface area contributed by atoms with Crippen LogP contribution in [-0.4, -0.2) is 41.2 Å². The van der Waals surface area contributed by atoms with Crippen molar-refractivity contribution in [3.8, 4) is 0 Å². The first-order valence-electron chi connectivity index (χ1n) is 8.02. The summed E-state index contributed by atoms with van der Waals surface area (Å²) < 4.78 is 9.05. The number of esters is 3. The monoisotopic (exact) mass is 345 g/mol. The normalized spacial score (nSPS) is 13.0. The molecule has 8 heteroatoms. The number of rotatable bonds is 12. The molecule has 1 atom stereocenters. The zero-order valence-corrected chi connectivity index (χ0v) is 14.2. The van der Waals surface area contributed by atoms with E-state index in [-0.39, 0.29) is 6.61 Å². The third-order valence-electron chi connectivity index (χ3n) is 3.25. The highest BCUT2D eigenvalue weighted by atomic mass is 16.6. The average molecular weight is 345 g/mol. The first-order valence-corrected chi connectivity index (χ1v) is 8.02. The number of ether oxygens (including phenoxy) is 2. The van der Waals surface area contributed by atoms with Gasteiger partial charge in [0, 0.05) is 19.3 Å². The van der Waals surface area contributed by atoms with Gasteiger partial charge in [-0.15, -0.1) is 0 Å². The fraction of sp³-hybridized carbons (Fsp3) is 0.750. The lowest BCUT2D eigenvalue weighted by molar-refractivity contribution is -0.309. The number of aliphatic carboxylic acids is 1. The van der Waals surface area contributed by atoms with E-state index < -0.39 is 42.3 Å². The molecule has 8 nitrogen and oxygen atoms in total. The van der Waals surface area contributed by atoms with Crippen molar-refractivity contribution >= 4 is 23.9 Å². The van der Waals surface area contributed by atoms with E-state index in [0.29, 0.717) is 6.42 Å². The molecule has 0 saturated heterocycles. The third kappa shape index (κ3) is 9.94. The zero-order valence-electron chi connectivity index (χ0n) is 14.2. The summed E-state index contributed by atoms with van der Waals surface area (Å²) in [5.41, 5.74) is -2.69. The van der Waals surface area contributed by atoms with Crippen molar-refractivity contribution in [1.29, 1.82) is 0 Å². The van der Waals surface area contributed by atoms with Crippen molar-refractivity contribution in [2.45, 2.75) is 70.8 Å². The molecular weight excluding hydrogens is 320 g/mol. The van der Waals surface area contributed by atoms with E-state index in [1.165, 1.54) is 0 Å². The number of carboxylic acids is 1. The van der Waals surface area contributed by atoms with Gasteiger partial charge in [-0.1, -0.05) is 39.0 Å². The van der Waals surface area contributed by atoms with Crippen LogP contribution in [-0.2, 0) is 28.7 Å². The molecule has 1 unspecified atom stereocenters. The van der Waals surface area contributed by atoms with Gasteiger partial charge in [-0.2, -0.15) is 0 Å². The van der Waals surface area contributed by atoms with Gasteiger partial charge in [-0.25, -0.2) is 4.79 Å². The average Bonchev–Trinajstić information content (AvgIpc) is 2.44. The van der Waals surface area contributed by atoms with Gasteiger partial charge < -0.3 is 24.5 Å². The predicted molar refractivity (Wildman–Crippen MR) is 80.3 cm³/mol. The van der Waals surface area contributed by atoms with Gasteiger partial charge >= 0.3 is 17.9 Å². The fourth-order valence-electron chi connectivity index (χ4n) is 2.03. The van der Waals surface area contributed by atoms with Crippen LogP contribution in [0.2, 0.25) is 0 Å². The molecule has 0 rings (SSSR count). The molecule has 0 heterocycles. The number of carbonyl (C=O) groups excluding carboxylic acids is 4. The lowest BCUT2D eigenvalue weighted by atomic mass is 9.95. The predicted octanol–water partition coefficient (Wildman–Crippen LogP) is 0.241. The van der Waals surface area contributed by atoms with Crippen LogP contribution in [0.1, 0.15) is 65.2 Å². The van der Waals surface area contributed by atoms with Crippen molar-refractivity contribution in [1.82, 2.24) is 0 Å². The second-order valence-corrected chi connectivity index (χ2v) is 5.63. The second kappa shape index (κ2) is 11.6. The van der Waals surface area contributed by atoms with Crippen LogP contribution >= 0.6 is 0 Å². The minimum absolute atomic E-state index is 0.105. The van der Waals surface area contributed by atoms with Crippen LogP contribution in [0, 0.1) is 0 Å². The number of hydrogen-bond donors (Lipinski definition) is 1. The third-order valence-corrected chi connectivity index (χ3v) is 3.25. The van der Waals surface area contributed by atoms with Crippen molar-refractivity contribution in [3.63, 3.8) is 0 Å². The Hall–Kier alpha value is -1.96. The molecule has 1 N–H and O–H groups in total. The maximum atomic E-state index is 11.7. The maximum absolute atomic E-state index is 11.7. The minimum Gasteiger partial charge on any atom is -0.550 e. The second-order valence-electron chi connectivity index (χ2n) is 5.63. The molecule has 0 aliphatic rings. The molecule has 0 amide bonds. The standard InChI is InChI=1S/C16H26O8/c1-3-4-5-6-7-8-9-23-14(20)11-16(22,10-13(18)19)15(21)24-12(2)17/h22H,3-11H2,1-2H3,(H,18,19)/p-1. The largest absolute Gasteiger partial charge is 0.550 e. The molecule has 0 bridgehead atoms. The molecule has 0 aromatic rings. The highest BCUT2D eigenvalue weighted by Crippen LogP contribution is 2.19. The van der Waals surface area contributed by atoms with Gasteiger partial charge in [-0.05, 0) is 6.42 Å². The summed E-state index contributed by atoms with van der Waals surface area (Å²) in [6.07, 6.45) is 3.80. The molecule has 0 fully saturated rings. The van der Waals surface area contributed by atoms with E-state index >= 15 is 0 Å². The SMILES string of the molecule is CCCCCCCCOC(=O)CC(O)(CC(=O)[O-])C(=O)OC(C)=O. The molecule has 0 aliphatic carbocycles. The molecule has 138 valence electrons. The smallest absolute Gasteiger partial charge is 0.346 e. The number of carboxylic acid groups (broad SMARTS) is 1. The number of hydrogen-bond acceptors (Lipinski definition) is 8. The molecule has 0 spiro atoms. The van der Waals surface area contributed by atoms with Crippen molar-refractivity contribution in [2.75, 3.05) is 6.61 Å². The van der Waals surface area contributed by atoms with E-state index in [9.17, 15) is 29.4 Å². The van der Waals surface area contributed by atoms with Crippen molar-refractivity contribution in [3.05, 3.63) is 0 Å². The summed E-state index contributed by atoms with van der Waals surface area (Å²) in [5, 5.41) is 20.7. The van der Waals surface area contributed by atoms with E-state index in [1.807, 2.05) is 0 Å². The topological polar surface area (TPSA) is 130 Å². The Bertz CT molecular complexity index is 445. The first-order chi connectivity index (χ1) is 11.2. The highest BCUT2D eigenvalue weighted by molar-refractivity contribution is 5.94. The van der Waals surface area contributed by atoms with Crippen LogP contribution in [0.4, 0.5) is 0 Å². The first kappa shape index (κ1) is 22.0. The molecule has 0 saturated carbocycles. The Morgan fingerprint density at radius 3 is 2.12 bits per heavy atom. The van der Waals surface area contributed by atoms with Crippen LogP contribution in [0.25, 0.3) is 0 Å². The number of unbranched alkanes of at least 4 members (excludes halogenated alkanes) is 5. The summed E-state index contributed by atoms with van der Waals surface area (Å²) in [5.74, 6) is -5.26. The zero-order chi connectivity index (χ0) is 18.6. The van der Waals surface area contributed by atoms with Gasteiger partial charge in [0.05, 0.1) is 13.0 Å². The van der Waals surface area contributed by atoms with Crippen molar-refractivity contribution < 1.29 is 38.9 Å². The van der Waals surface area contributed by atoms with E-state index in [0.717, 1.165) is 39.0 Å². The lowest BCUT2D eigenvalue weighted by Crippen LogP contribution is -2.47. The molecule has 0 aromatic heterocycles. The summed E-state index contributed by atoms with van der Waals surface area (Å²) in [6.45, 7) is 3.12. The van der Waals surface area contributed by atoms with E-state index in [4.69, 9.17) is 4.74 Å². The van der Waals surface area contributed by atoms with E-state index in [2.05, 4.69) is 11.7 Å². The summed E-state index contributed by atoms with van der Waals surface area (Å²) in [4.78, 5) is 44.7. The minimum atomic E-state index is -2.69. The van der Waals surface area contributed by atoms with Gasteiger partial charge in [0.15, 0.2) is 5.60 Å². The number of aliphatic hydroxyl groups is 1. The Morgan fingerprint density at radius 1 is 1.00 bits per heavy atom. The highest BCUT2D eigenvalue weighted by Gasteiger charge is 2.41. The molecule has 0 radical (unpaired) electrons. The van der Waals surface area contributed by atoms with Gasteiger partial charge in [0.25, 0.3) is 0 Å². The lowest BCUT2D eigenvalue weighted by Gasteiger charge is -2.24. The Labute approximate surface area is 141 Å². The van der Waals surface area contributed by atoms with Crippen LogP contribution in [0.5, 0.6) is 0 Å².